The Balaban J connectivity index is 2.38. The third-order valence-electron chi connectivity index (χ3n) is 2.70. The molecule has 2 aromatic rings. The summed E-state index contributed by atoms with van der Waals surface area (Å²) in [6.07, 6.45) is 1.12. The molecule has 1 atom stereocenters. The van der Waals surface area contributed by atoms with Crippen molar-refractivity contribution in [3.63, 3.8) is 0 Å². The van der Waals surface area contributed by atoms with Crippen molar-refractivity contribution >= 4 is 38.6 Å². The van der Waals surface area contributed by atoms with Gasteiger partial charge in [-0.2, -0.15) is 0 Å². The fourth-order valence-electron chi connectivity index (χ4n) is 1.89. The van der Waals surface area contributed by atoms with Gasteiger partial charge in [-0.25, -0.2) is 0 Å². The molecule has 0 radical (unpaired) electrons. The van der Waals surface area contributed by atoms with Gasteiger partial charge in [0.05, 0.1) is 4.83 Å². The van der Waals surface area contributed by atoms with Crippen LogP contribution in [0.4, 0.5) is 0 Å². The molecule has 2 rings (SSSR count). The van der Waals surface area contributed by atoms with Gasteiger partial charge in [0.2, 0.25) is 0 Å². The third kappa shape index (κ3) is 2.27. The molecule has 0 aromatic carbocycles. The van der Waals surface area contributed by atoms with E-state index in [-0.39, 0.29) is 0 Å². The van der Waals surface area contributed by atoms with E-state index in [1.54, 1.807) is 0 Å². The average molecular weight is 315 g/mol. The van der Waals surface area contributed by atoms with Crippen molar-refractivity contribution in [1.82, 2.24) is 0 Å². The lowest BCUT2D eigenvalue weighted by molar-refractivity contribution is 1.10. The maximum absolute atomic E-state index is 3.85. The summed E-state index contributed by atoms with van der Waals surface area (Å²) < 4.78 is 0. The molecule has 0 nitrogen and oxygen atoms in total. The van der Waals surface area contributed by atoms with E-state index in [9.17, 15) is 0 Å². The minimum Gasteiger partial charge on any atom is -0.147 e. The van der Waals surface area contributed by atoms with Gasteiger partial charge in [0.15, 0.2) is 0 Å². The predicted octanol–water partition coefficient (Wildman–Crippen LogP) is 5.47. The van der Waals surface area contributed by atoms with Gasteiger partial charge in [0.25, 0.3) is 0 Å². The van der Waals surface area contributed by atoms with E-state index < -0.39 is 0 Å². The Morgan fingerprint density at radius 1 is 1.31 bits per heavy atom. The Kier molecular flexibility index (Phi) is 3.88. The largest absolute Gasteiger partial charge is 0.147 e. The summed E-state index contributed by atoms with van der Waals surface area (Å²) in [7, 11) is 0. The molecule has 1 unspecified atom stereocenters. The number of alkyl halides is 1. The predicted molar refractivity (Wildman–Crippen MR) is 78.3 cm³/mol. The zero-order valence-electron chi connectivity index (χ0n) is 9.71. The van der Waals surface area contributed by atoms with Crippen LogP contribution < -0.4 is 0 Å². The first-order valence-corrected chi connectivity index (χ1v) is 8.02. The smallest absolute Gasteiger partial charge is 0.0836 e. The van der Waals surface area contributed by atoms with Gasteiger partial charge in [0, 0.05) is 14.6 Å². The number of thiophene rings is 2. The number of halogens is 1. The Morgan fingerprint density at radius 2 is 2.06 bits per heavy atom. The fourth-order valence-corrected chi connectivity index (χ4v) is 5.23. The van der Waals surface area contributed by atoms with Crippen LogP contribution in [-0.4, -0.2) is 0 Å². The van der Waals surface area contributed by atoms with Gasteiger partial charge in [0.1, 0.15) is 0 Å². The third-order valence-corrected chi connectivity index (χ3v) is 6.46. The molecular formula is C13H15BrS2. The minimum atomic E-state index is 0.376. The van der Waals surface area contributed by atoms with Crippen LogP contribution in [0.25, 0.3) is 0 Å². The van der Waals surface area contributed by atoms with Crippen LogP contribution in [0.15, 0.2) is 17.5 Å². The van der Waals surface area contributed by atoms with E-state index in [0.29, 0.717) is 4.83 Å². The van der Waals surface area contributed by atoms with Crippen LogP contribution in [0.5, 0.6) is 0 Å². The first kappa shape index (κ1) is 12.3. The van der Waals surface area contributed by atoms with Gasteiger partial charge in [-0.3, -0.25) is 0 Å². The summed E-state index contributed by atoms with van der Waals surface area (Å²) in [6, 6.07) is 4.51. The molecule has 3 heteroatoms. The average Bonchev–Trinajstić information content (AvgIpc) is 2.83. The zero-order chi connectivity index (χ0) is 11.7. The van der Waals surface area contributed by atoms with Crippen LogP contribution >= 0.6 is 38.6 Å². The number of rotatable bonds is 3. The Morgan fingerprint density at radius 3 is 2.62 bits per heavy atom. The fraction of sp³-hybridized carbons (Fsp3) is 0.385. The van der Waals surface area contributed by atoms with E-state index >= 15 is 0 Å². The van der Waals surface area contributed by atoms with E-state index in [4.69, 9.17) is 0 Å². The quantitative estimate of drug-likeness (QED) is 0.659. The molecular weight excluding hydrogens is 300 g/mol. The second-order valence-electron chi connectivity index (χ2n) is 3.93. The first-order valence-electron chi connectivity index (χ1n) is 5.40. The molecule has 2 aromatic heterocycles. The second kappa shape index (κ2) is 5.03. The lowest BCUT2D eigenvalue weighted by Crippen LogP contribution is -1.92. The van der Waals surface area contributed by atoms with E-state index in [2.05, 4.69) is 54.2 Å². The lowest BCUT2D eigenvalue weighted by atomic mass is 10.1. The molecule has 0 aliphatic carbocycles. The molecule has 0 aliphatic heterocycles. The molecule has 0 bridgehead atoms. The number of hydrogen-bond acceptors (Lipinski definition) is 2. The van der Waals surface area contributed by atoms with Crippen molar-refractivity contribution in [1.29, 1.82) is 0 Å². The van der Waals surface area contributed by atoms with Crippen molar-refractivity contribution in [2.24, 2.45) is 0 Å². The highest BCUT2D eigenvalue weighted by Gasteiger charge is 2.18. The van der Waals surface area contributed by atoms with Gasteiger partial charge in [-0.05, 0) is 48.9 Å². The molecule has 16 heavy (non-hydrogen) atoms. The van der Waals surface area contributed by atoms with Gasteiger partial charge in [-0.15, -0.1) is 22.7 Å². The minimum absolute atomic E-state index is 0.376. The van der Waals surface area contributed by atoms with Crippen molar-refractivity contribution in [2.45, 2.75) is 32.0 Å². The normalized spacial score (nSPS) is 13.0. The topological polar surface area (TPSA) is 0 Å². The van der Waals surface area contributed by atoms with Gasteiger partial charge in [-0.1, -0.05) is 22.9 Å². The van der Waals surface area contributed by atoms with Crippen LogP contribution in [0.3, 0.4) is 0 Å². The van der Waals surface area contributed by atoms with Crippen LogP contribution in [0.2, 0.25) is 0 Å². The van der Waals surface area contributed by atoms with E-state index in [1.165, 1.54) is 25.8 Å². The van der Waals surface area contributed by atoms with Crippen molar-refractivity contribution in [2.75, 3.05) is 0 Å². The highest BCUT2D eigenvalue weighted by atomic mass is 79.9. The zero-order valence-corrected chi connectivity index (χ0v) is 12.9. The molecule has 0 saturated carbocycles. The summed E-state index contributed by atoms with van der Waals surface area (Å²) in [4.78, 5) is 4.69. The Hall–Kier alpha value is -0.120. The van der Waals surface area contributed by atoms with E-state index in [0.717, 1.165) is 6.42 Å². The first-order chi connectivity index (χ1) is 7.63. The van der Waals surface area contributed by atoms with Crippen LogP contribution in [0.1, 0.15) is 37.5 Å². The molecule has 0 saturated heterocycles. The van der Waals surface area contributed by atoms with Crippen molar-refractivity contribution < 1.29 is 0 Å². The summed E-state index contributed by atoms with van der Waals surface area (Å²) in [6.45, 7) is 6.60. The van der Waals surface area contributed by atoms with Gasteiger partial charge >= 0.3 is 0 Å². The summed E-state index contributed by atoms with van der Waals surface area (Å²) >= 11 is 7.60. The molecule has 86 valence electrons. The molecule has 2 heterocycles. The van der Waals surface area contributed by atoms with Crippen LogP contribution in [0, 0.1) is 13.8 Å². The monoisotopic (exact) mass is 314 g/mol. The molecule has 0 fully saturated rings. The number of aryl methyl sites for hydroxylation is 3. The highest BCUT2D eigenvalue weighted by molar-refractivity contribution is 9.09. The molecule has 0 spiro atoms. The maximum Gasteiger partial charge on any atom is 0.0836 e. The second-order valence-corrected chi connectivity index (χ2v) is 7.08. The number of hydrogen-bond donors (Lipinski definition) is 0. The molecule has 0 N–H and O–H groups in total. The molecule has 0 aliphatic rings. The Labute approximate surface area is 113 Å². The standard InChI is InChI=1S/C13H15BrS2/c1-4-10-5-6-15-13(10)11(14)12-8(2)7-9(3)16-12/h5-7,11H,4H2,1-3H3. The van der Waals surface area contributed by atoms with Crippen LogP contribution in [-0.2, 0) is 6.42 Å². The summed E-state index contributed by atoms with van der Waals surface area (Å²) in [5, 5.41) is 2.19. The van der Waals surface area contributed by atoms with Crippen molar-refractivity contribution in [3.8, 4) is 0 Å². The highest BCUT2D eigenvalue weighted by Crippen LogP contribution is 2.41. The van der Waals surface area contributed by atoms with Crippen molar-refractivity contribution in [3.05, 3.63) is 43.3 Å². The molecule has 0 amide bonds. The SMILES string of the molecule is CCc1ccsc1C(Br)c1sc(C)cc1C. The maximum atomic E-state index is 3.85. The summed E-state index contributed by atoms with van der Waals surface area (Å²) in [5.41, 5.74) is 2.87. The van der Waals surface area contributed by atoms with Gasteiger partial charge < -0.3 is 0 Å². The van der Waals surface area contributed by atoms with E-state index in [1.807, 2.05) is 22.7 Å². The summed E-state index contributed by atoms with van der Waals surface area (Å²) in [5.74, 6) is 0. The lowest BCUT2D eigenvalue weighted by Gasteiger charge is -2.09. The Bertz CT molecular complexity index is 482.